The molecular formula is C12H17N3O2. The molecule has 92 valence electrons. The summed E-state index contributed by atoms with van der Waals surface area (Å²) in [5.74, 6) is 1.75. The first-order valence-corrected chi connectivity index (χ1v) is 5.77. The Morgan fingerprint density at radius 1 is 1.53 bits per heavy atom. The number of ether oxygens (including phenoxy) is 1. The van der Waals surface area contributed by atoms with E-state index in [1.165, 1.54) is 0 Å². The summed E-state index contributed by atoms with van der Waals surface area (Å²) in [6.07, 6.45) is 5.30. The fourth-order valence-corrected chi connectivity index (χ4v) is 1.46. The normalized spacial score (nSPS) is 10.6. The number of rotatable bonds is 7. The van der Waals surface area contributed by atoms with Crippen LogP contribution in [0.5, 0.6) is 5.75 Å². The first kappa shape index (κ1) is 11.7. The van der Waals surface area contributed by atoms with Crippen LogP contribution in [0.25, 0.3) is 0 Å². The van der Waals surface area contributed by atoms with Crippen molar-refractivity contribution in [3.05, 3.63) is 36.5 Å². The third-order valence-electron chi connectivity index (χ3n) is 2.36. The molecule has 0 saturated carbocycles. The molecule has 0 aromatic carbocycles. The lowest BCUT2D eigenvalue weighted by atomic mass is 10.4. The molecule has 2 aromatic heterocycles. The lowest BCUT2D eigenvalue weighted by Crippen LogP contribution is -2.20. The van der Waals surface area contributed by atoms with Crippen molar-refractivity contribution in [3.8, 4) is 5.75 Å². The van der Waals surface area contributed by atoms with E-state index in [-0.39, 0.29) is 0 Å². The lowest BCUT2D eigenvalue weighted by molar-refractivity contribution is 0.310. The number of hydrogen-bond acceptors (Lipinski definition) is 4. The number of hydrogen-bond donors (Lipinski definition) is 1. The van der Waals surface area contributed by atoms with Crippen LogP contribution < -0.4 is 10.1 Å². The van der Waals surface area contributed by atoms with Gasteiger partial charge in [-0.05, 0) is 19.1 Å². The van der Waals surface area contributed by atoms with Gasteiger partial charge in [0.25, 0.3) is 0 Å². The van der Waals surface area contributed by atoms with Gasteiger partial charge in [-0.25, -0.2) is 0 Å². The molecule has 0 aliphatic carbocycles. The van der Waals surface area contributed by atoms with Crippen molar-refractivity contribution in [2.75, 3.05) is 13.2 Å². The van der Waals surface area contributed by atoms with Crippen LogP contribution in [0.15, 0.2) is 35.2 Å². The molecular weight excluding hydrogens is 218 g/mol. The third kappa shape index (κ3) is 3.64. The largest absolute Gasteiger partial charge is 0.489 e. The van der Waals surface area contributed by atoms with Gasteiger partial charge in [0.1, 0.15) is 12.4 Å². The molecule has 0 aliphatic rings. The van der Waals surface area contributed by atoms with Gasteiger partial charge < -0.3 is 14.5 Å². The fourth-order valence-electron chi connectivity index (χ4n) is 1.46. The number of nitrogens with one attached hydrogen (secondary N) is 1. The van der Waals surface area contributed by atoms with Crippen molar-refractivity contribution in [3.63, 3.8) is 0 Å². The van der Waals surface area contributed by atoms with E-state index in [4.69, 9.17) is 9.15 Å². The highest BCUT2D eigenvalue weighted by Crippen LogP contribution is 2.07. The smallest absolute Gasteiger partial charge is 0.157 e. The maximum absolute atomic E-state index is 5.53. The highest BCUT2D eigenvalue weighted by Gasteiger charge is 1.98. The molecule has 0 bridgehead atoms. The third-order valence-corrected chi connectivity index (χ3v) is 2.36. The highest BCUT2D eigenvalue weighted by molar-refractivity contribution is 5.11. The van der Waals surface area contributed by atoms with Crippen molar-refractivity contribution in [2.45, 2.75) is 20.0 Å². The second-order valence-electron chi connectivity index (χ2n) is 3.64. The summed E-state index contributed by atoms with van der Waals surface area (Å²) in [5.41, 5.74) is 0. The summed E-state index contributed by atoms with van der Waals surface area (Å²) in [4.78, 5) is 0. The van der Waals surface area contributed by atoms with E-state index in [1.54, 1.807) is 12.5 Å². The molecule has 0 saturated heterocycles. The van der Waals surface area contributed by atoms with Gasteiger partial charge in [0.15, 0.2) is 5.75 Å². The monoisotopic (exact) mass is 235 g/mol. The van der Waals surface area contributed by atoms with Gasteiger partial charge >= 0.3 is 0 Å². The molecule has 0 spiro atoms. The Labute approximate surface area is 100 Å². The predicted octanol–water partition coefficient (Wildman–Crippen LogP) is 1.66. The van der Waals surface area contributed by atoms with Gasteiger partial charge in [0.05, 0.1) is 25.2 Å². The Morgan fingerprint density at radius 2 is 2.47 bits per heavy atom. The molecule has 5 heteroatoms. The minimum Gasteiger partial charge on any atom is -0.489 e. The summed E-state index contributed by atoms with van der Waals surface area (Å²) in [6.45, 7) is 5.03. The highest BCUT2D eigenvalue weighted by atomic mass is 16.5. The molecule has 2 rings (SSSR count). The van der Waals surface area contributed by atoms with Crippen LogP contribution in [-0.2, 0) is 13.1 Å². The number of nitrogens with zero attached hydrogens (tertiary/aromatic N) is 2. The number of aromatic nitrogens is 2. The van der Waals surface area contributed by atoms with Crippen molar-refractivity contribution >= 4 is 0 Å². The van der Waals surface area contributed by atoms with E-state index in [9.17, 15) is 0 Å². The molecule has 0 fully saturated rings. The topological polar surface area (TPSA) is 52.2 Å². The summed E-state index contributed by atoms with van der Waals surface area (Å²) in [6, 6.07) is 3.83. The van der Waals surface area contributed by atoms with Gasteiger partial charge in [-0.15, -0.1) is 0 Å². The molecule has 0 atom stereocenters. The average Bonchev–Trinajstić information content (AvgIpc) is 2.99. The number of aryl methyl sites for hydroxylation is 1. The Bertz CT molecular complexity index is 423. The van der Waals surface area contributed by atoms with Crippen molar-refractivity contribution < 1.29 is 9.15 Å². The van der Waals surface area contributed by atoms with E-state index in [2.05, 4.69) is 10.4 Å². The van der Waals surface area contributed by atoms with Crippen LogP contribution in [0.3, 0.4) is 0 Å². The van der Waals surface area contributed by atoms with Crippen molar-refractivity contribution in [1.29, 1.82) is 0 Å². The van der Waals surface area contributed by atoms with Crippen LogP contribution >= 0.6 is 0 Å². The zero-order chi connectivity index (χ0) is 11.9. The first-order chi connectivity index (χ1) is 8.38. The Kier molecular flexibility index (Phi) is 4.21. The zero-order valence-corrected chi connectivity index (χ0v) is 9.93. The average molecular weight is 235 g/mol. The van der Waals surface area contributed by atoms with E-state index >= 15 is 0 Å². The SMILES string of the molecule is CCn1cc(OCCNCc2ccco2)cn1. The Hall–Kier alpha value is -1.75. The van der Waals surface area contributed by atoms with Crippen molar-refractivity contribution in [1.82, 2.24) is 15.1 Å². The molecule has 0 unspecified atom stereocenters. The second-order valence-corrected chi connectivity index (χ2v) is 3.64. The predicted molar refractivity (Wildman–Crippen MR) is 63.8 cm³/mol. The quantitative estimate of drug-likeness (QED) is 0.742. The van der Waals surface area contributed by atoms with Gasteiger partial charge in [0, 0.05) is 13.1 Å². The fraction of sp³-hybridized carbons (Fsp3) is 0.417. The number of furan rings is 1. The van der Waals surface area contributed by atoms with Crippen molar-refractivity contribution in [2.24, 2.45) is 0 Å². The van der Waals surface area contributed by atoms with Crippen LogP contribution in [0.2, 0.25) is 0 Å². The van der Waals surface area contributed by atoms with Crippen LogP contribution in [0.1, 0.15) is 12.7 Å². The first-order valence-electron chi connectivity index (χ1n) is 5.77. The van der Waals surface area contributed by atoms with Crippen LogP contribution in [-0.4, -0.2) is 22.9 Å². The molecule has 5 nitrogen and oxygen atoms in total. The maximum Gasteiger partial charge on any atom is 0.157 e. The zero-order valence-electron chi connectivity index (χ0n) is 9.93. The molecule has 2 aromatic rings. The van der Waals surface area contributed by atoms with Gasteiger partial charge in [-0.3, -0.25) is 4.68 Å². The van der Waals surface area contributed by atoms with E-state index < -0.39 is 0 Å². The maximum atomic E-state index is 5.53. The molecule has 2 heterocycles. The minimum atomic E-state index is 0.621. The summed E-state index contributed by atoms with van der Waals surface area (Å²) < 4.78 is 12.6. The summed E-state index contributed by atoms with van der Waals surface area (Å²) >= 11 is 0. The standard InChI is InChI=1S/C12H17N3O2/c1-2-15-10-12(9-14-15)17-7-5-13-8-11-4-3-6-16-11/h3-4,6,9-10,13H,2,5,7-8H2,1H3. The van der Waals surface area contributed by atoms with Crippen LogP contribution in [0, 0.1) is 0 Å². The lowest BCUT2D eigenvalue weighted by Gasteiger charge is -2.04. The van der Waals surface area contributed by atoms with E-state index in [1.807, 2.05) is 29.9 Å². The summed E-state index contributed by atoms with van der Waals surface area (Å²) in [7, 11) is 0. The molecule has 1 N–H and O–H groups in total. The Morgan fingerprint density at radius 3 is 3.18 bits per heavy atom. The van der Waals surface area contributed by atoms with Gasteiger partial charge in [0.2, 0.25) is 0 Å². The Balaban J connectivity index is 1.60. The van der Waals surface area contributed by atoms with Gasteiger partial charge in [-0.1, -0.05) is 0 Å². The van der Waals surface area contributed by atoms with E-state index in [0.717, 1.165) is 31.1 Å². The molecule has 17 heavy (non-hydrogen) atoms. The molecule has 0 aliphatic heterocycles. The van der Waals surface area contributed by atoms with Gasteiger partial charge in [-0.2, -0.15) is 5.10 Å². The van der Waals surface area contributed by atoms with Crippen LogP contribution in [0.4, 0.5) is 0 Å². The second kappa shape index (κ2) is 6.10. The van der Waals surface area contributed by atoms with E-state index in [0.29, 0.717) is 6.61 Å². The summed E-state index contributed by atoms with van der Waals surface area (Å²) in [5, 5.41) is 7.36. The molecule has 0 amide bonds. The minimum absolute atomic E-state index is 0.621. The molecule has 0 radical (unpaired) electrons.